The highest BCUT2D eigenvalue weighted by molar-refractivity contribution is 8.01. The first-order valence-corrected chi connectivity index (χ1v) is 6.21. The molecular formula is C8H12N2O2S2. The monoisotopic (exact) mass is 232 g/mol. The summed E-state index contributed by atoms with van der Waals surface area (Å²) in [5, 5.41) is 7.99. The molecule has 14 heavy (non-hydrogen) atoms. The number of esters is 1. The lowest BCUT2D eigenvalue weighted by Crippen LogP contribution is -2.03. The number of carbonyl (C=O) groups is 1. The van der Waals surface area contributed by atoms with Crippen molar-refractivity contribution in [3.8, 4) is 0 Å². The third-order valence-electron chi connectivity index (χ3n) is 1.29. The van der Waals surface area contributed by atoms with Crippen molar-refractivity contribution >= 4 is 29.1 Å². The number of hydrogen-bond acceptors (Lipinski definition) is 6. The molecule has 0 radical (unpaired) electrons. The average Bonchev–Trinajstić information content (AvgIpc) is 2.63. The first kappa shape index (κ1) is 11.5. The largest absolute Gasteiger partial charge is 0.461 e. The zero-order valence-electron chi connectivity index (χ0n) is 8.15. The van der Waals surface area contributed by atoms with E-state index in [0.29, 0.717) is 11.6 Å². The van der Waals surface area contributed by atoms with E-state index < -0.39 is 0 Å². The Kier molecular flexibility index (Phi) is 4.89. The Bertz CT molecular complexity index is 301. The van der Waals surface area contributed by atoms with Gasteiger partial charge in [-0.05, 0) is 13.3 Å². The van der Waals surface area contributed by atoms with Crippen molar-refractivity contribution in [2.75, 3.05) is 12.4 Å². The van der Waals surface area contributed by atoms with Crippen molar-refractivity contribution in [3.63, 3.8) is 0 Å². The van der Waals surface area contributed by atoms with Gasteiger partial charge in [0.1, 0.15) is 0 Å². The molecule has 4 nitrogen and oxygen atoms in total. The van der Waals surface area contributed by atoms with Gasteiger partial charge in [0.15, 0.2) is 4.34 Å². The fourth-order valence-electron chi connectivity index (χ4n) is 0.733. The lowest BCUT2D eigenvalue weighted by Gasteiger charge is -1.94. The van der Waals surface area contributed by atoms with Crippen molar-refractivity contribution < 1.29 is 9.53 Å². The minimum Gasteiger partial charge on any atom is -0.461 e. The van der Waals surface area contributed by atoms with Crippen LogP contribution in [-0.4, -0.2) is 28.5 Å². The van der Waals surface area contributed by atoms with Crippen LogP contribution < -0.4 is 0 Å². The van der Waals surface area contributed by atoms with E-state index in [1.165, 1.54) is 11.3 Å². The van der Waals surface area contributed by atoms with Crippen molar-refractivity contribution in [1.82, 2.24) is 10.2 Å². The van der Waals surface area contributed by atoms with Crippen LogP contribution in [0, 0.1) is 0 Å². The fourth-order valence-corrected chi connectivity index (χ4v) is 2.40. The van der Waals surface area contributed by atoms with Gasteiger partial charge < -0.3 is 4.74 Å². The summed E-state index contributed by atoms with van der Waals surface area (Å²) in [7, 11) is 0. The molecule has 0 aliphatic rings. The summed E-state index contributed by atoms with van der Waals surface area (Å²) in [6.45, 7) is 4.24. The second kappa shape index (κ2) is 5.98. The Balaban J connectivity index is 2.54. The van der Waals surface area contributed by atoms with Crippen LogP contribution in [0.5, 0.6) is 0 Å². The van der Waals surface area contributed by atoms with E-state index in [1.54, 1.807) is 18.7 Å². The summed E-state index contributed by atoms with van der Waals surface area (Å²) in [6.07, 6.45) is 1.08. The number of thioether (sulfide) groups is 1. The number of carbonyl (C=O) groups excluding carboxylic acids is 1. The minimum absolute atomic E-state index is 0.338. The molecule has 0 aliphatic heterocycles. The number of rotatable bonds is 5. The van der Waals surface area contributed by atoms with Gasteiger partial charge in [0.05, 0.1) is 6.61 Å². The van der Waals surface area contributed by atoms with Crippen molar-refractivity contribution in [2.45, 2.75) is 24.6 Å². The number of hydrogen-bond donors (Lipinski definition) is 0. The van der Waals surface area contributed by atoms with Gasteiger partial charge >= 0.3 is 5.97 Å². The van der Waals surface area contributed by atoms with Gasteiger partial charge in [-0.2, -0.15) is 0 Å². The van der Waals surface area contributed by atoms with E-state index in [1.807, 2.05) is 0 Å². The molecule has 0 saturated heterocycles. The first-order valence-electron chi connectivity index (χ1n) is 4.41. The third kappa shape index (κ3) is 3.26. The standard InChI is InChI=1S/C8H12N2O2S2/c1-3-5-13-8-10-9-6(14-8)7(11)12-4-2/h3-5H2,1-2H3. The Hall–Kier alpha value is -0.620. The molecular weight excluding hydrogens is 220 g/mol. The summed E-state index contributed by atoms with van der Waals surface area (Å²) < 4.78 is 5.63. The van der Waals surface area contributed by atoms with Crippen LogP contribution in [-0.2, 0) is 4.74 Å². The van der Waals surface area contributed by atoms with E-state index in [-0.39, 0.29) is 5.97 Å². The van der Waals surface area contributed by atoms with E-state index in [9.17, 15) is 4.79 Å². The molecule has 0 aromatic carbocycles. The Morgan fingerprint density at radius 3 is 2.93 bits per heavy atom. The predicted molar refractivity (Wildman–Crippen MR) is 56.9 cm³/mol. The van der Waals surface area contributed by atoms with Gasteiger partial charge in [-0.25, -0.2) is 4.79 Å². The van der Waals surface area contributed by atoms with E-state index in [4.69, 9.17) is 4.74 Å². The van der Waals surface area contributed by atoms with Crippen LogP contribution in [0.4, 0.5) is 0 Å². The van der Waals surface area contributed by atoms with Gasteiger partial charge in [-0.1, -0.05) is 30.0 Å². The topological polar surface area (TPSA) is 52.1 Å². The molecule has 0 aliphatic carbocycles. The number of aromatic nitrogens is 2. The average molecular weight is 232 g/mol. The highest BCUT2D eigenvalue weighted by Crippen LogP contribution is 2.23. The molecule has 1 aromatic heterocycles. The summed E-state index contributed by atoms with van der Waals surface area (Å²) in [6, 6.07) is 0. The number of ether oxygens (including phenoxy) is 1. The van der Waals surface area contributed by atoms with E-state index >= 15 is 0 Å². The van der Waals surface area contributed by atoms with E-state index in [2.05, 4.69) is 17.1 Å². The Morgan fingerprint density at radius 1 is 1.50 bits per heavy atom. The lowest BCUT2D eigenvalue weighted by molar-refractivity contribution is 0.0525. The van der Waals surface area contributed by atoms with Gasteiger partial charge in [-0.3, -0.25) is 0 Å². The molecule has 0 saturated carbocycles. The smallest absolute Gasteiger partial charge is 0.369 e. The molecule has 0 amide bonds. The highest BCUT2D eigenvalue weighted by atomic mass is 32.2. The molecule has 1 rings (SSSR count). The molecule has 1 heterocycles. The zero-order valence-corrected chi connectivity index (χ0v) is 9.78. The van der Waals surface area contributed by atoms with Crippen LogP contribution in [0.2, 0.25) is 0 Å². The van der Waals surface area contributed by atoms with Gasteiger partial charge in [0.2, 0.25) is 5.01 Å². The Labute approximate surface area is 91.1 Å². The minimum atomic E-state index is -0.381. The highest BCUT2D eigenvalue weighted by Gasteiger charge is 2.13. The van der Waals surface area contributed by atoms with E-state index in [0.717, 1.165) is 16.5 Å². The van der Waals surface area contributed by atoms with Crippen molar-refractivity contribution in [3.05, 3.63) is 5.01 Å². The lowest BCUT2D eigenvalue weighted by atomic mass is 10.6. The molecule has 0 atom stereocenters. The first-order chi connectivity index (χ1) is 6.77. The molecule has 0 spiro atoms. The summed E-state index contributed by atoms with van der Waals surface area (Å²) >= 11 is 2.90. The predicted octanol–water partition coefficient (Wildman–Crippen LogP) is 2.22. The maximum absolute atomic E-state index is 11.2. The van der Waals surface area contributed by atoms with Crippen molar-refractivity contribution in [1.29, 1.82) is 0 Å². The fraction of sp³-hybridized carbons (Fsp3) is 0.625. The van der Waals surface area contributed by atoms with Gasteiger partial charge in [0.25, 0.3) is 0 Å². The second-order valence-electron chi connectivity index (χ2n) is 2.44. The molecule has 6 heteroatoms. The molecule has 0 N–H and O–H groups in total. The van der Waals surface area contributed by atoms with Crippen LogP contribution in [0.15, 0.2) is 4.34 Å². The molecule has 1 aromatic rings. The molecule has 0 unspecified atom stereocenters. The summed E-state index contributed by atoms with van der Waals surface area (Å²) in [4.78, 5) is 11.2. The Morgan fingerprint density at radius 2 is 2.29 bits per heavy atom. The van der Waals surface area contributed by atoms with Crippen LogP contribution in [0.1, 0.15) is 30.1 Å². The van der Waals surface area contributed by atoms with Crippen LogP contribution in [0.3, 0.4) is 0 Å². The van der Waals surface area contributed by atoms with Gasteiger partial charge in [0, 0.05) is 5.75 Å². The van der Waals surface area contributed by atoms with Crippen molar-refractivity contribution in [2.24, 2.45) is 0 Å². The van der Waals surface area contributed by atoms with Gasteiger partial charge in [-0.15, -0.1) is 10.2 Å². The number of nitrogens with zero attached hydrogens (tertiary/aromatic N) is 2. The molecule has 0 fully saturated rings. The summed E-state index contributed by atoms with van der Waals surface area (Å²) in [5.74, 6) is 0.616. The maximum Gasteiger partial charge on any atom is 0.369 e. The third-order valence-corrected chi connectivity index (χ3v) is 3.53. The van der Waals surface area contributed by atoms with Crippen LogP contribution >= 0.6 is 23.1 Å². The zero-order chi connectivity index (χ0) is 10.4. The SMILES string of the molecule is CCCSc1nnc(C(=O)OCC)s1. The second-order valence-corrected chi connectivity index (χ2v) is 4.76. The molecule has 78 valence electrons. The quantitative estimate of drug-likeness (QED) is 0.575. The van der Waals surface area contributed by atoms with Crippen LogP contribution in [0.25, 0.3) is 0 Å². The molecule has 0 bridgehead atoms. The summed E-state index contributed by atoms with van der Waals surface area (Å²) in [5.41, 5.74) is 0. The normalized spacial score (nSPS) is 10.1. The maximum atomic E-state index is 11.2.